The number of hydrogen-bond donors (Lipinski definition) is 1. The number of ether oxygens (including phenoxy) is 1. The molecule has 0 spiro atoms. The smallest absolute Gasteiger partial charge is 0.192 e. The third kappa shape index (κ3) is 3.93. The maximum atomic E-state index is 13.0. The van der Waals surface area contributed by atoms with E-state index in [0.29, 0.717) is 6.61 Å². The Morgan fingerprint density at radius 2 is 1.85 bits per heavy atom. The molecule has 0 radical (unpaired) electrons. The number of carbonyl (C=O) groups excluding carboxylic acids is 1. The van der Waals surface area contributed by atoms with Crippen molar-refractivity contribution in [2.45, 2.75) is 83.3 Å². The van der Waals surface area contributed by atoms with E-state index in [1.54, 1.807) is 0 Å². The molecule has 1 heterocycles. The van der Waals surface area contributed by atoms with Crippen molar-refractivity contribution in [1.29, 1.82) is 0 Å². The van der Waals surface area contributed by atoms with E-state index in [1.165, 1.54) is 0 Å². The zero-order chi connectivity index (χ0) is 20.1. The van der Waals surface area contributed by atoms with E-state index in [0.717, 1.165) is 5.57 Å². The molecule has 0 saturated carbocycles. The molecular formula is C19H36O5Si2. The zero-order valence-corrected chi connectivity index (χ0v) is 19.8. The second-order valence-electron chi connectivity index (χ2n) is 10.2. The summed E-state index contributed by atoms with van der Waals surface area (Å²) in [6, 6.07) is 0. The molecule has 0 aromatic carbocycles. The van der Waals surface area contributed by atoms with Crippen molar-refractivity contribution in [2.75, 3.05) is 13.2 Å². The number of carbonyl (C=O) groups is 1. The minimum atomic E-state index is -2.07. The van der Waals surface area contributed by atoms with Gasteiger partial charge in [-0.05, 0) is 50.3 Å². The van der Waals surface area contributed by atoms with Gasteiger partial charge in [-0.15, -0.1) is 0 Å². The fourth-order valence-electron chi connectivity index (χ4n) is 3.47. The van der Waals surface area contributed by atoms with Crippen molar-refractivity contribution < 1.29 is 23.5 Å². The van der Waals surface area contributed by atoms with Crippen LogP contribution >= 0.6 is 0 Å². The first-order valence-corrected chi connectivity index (χ1v) is 15.8. The number of aliphatic hydroxyl groups is 1. The van der Waals surface area contributed by atoms with Gasteiger partial charge in [-0.3, -0.25) is 4.79 Å². The number of hydrogen-bond acceptors (Lipinski definition) is 5. The second kappa shape index (κ2) is 6.93. The van der Waals surface area contributed by atoms with Gasteiger partial charge in [0.05, 0.1) is 0 Å². The number of aliphatic hydroxyl groups excluding tert-OH is 1. The third-order valence-electron chi connectivity index (χ3n) is 5.93. The molecule has 26 heavy (non-hydrogen) atoms. The highest BCUT2D eigenvalue weighted by Crippen LogP contribution is 2.45. The summed E-state index contributed by atoms with van der Waals surface area (Å²) < 4.78 is 18.7. The first-order chi connectivity index (χ1) is 11.6. The molecule has 2 rings (SSSR count). The Labute approximate surface area is 160 Å². The molecule has 4 atom stereocenters. The number of Topliss-reactive ketones (excluding diaryl/α,β-unsaturated/α-hetero) is 1. The molecule has 0 amide bonds. The van der Waals surface area contributed by atoms with Gasteiger partial charge in [-0.1, -0.05) is 26.8 Å². The van der Waals surface area contributed by atoms with Crippen LogP contribution in [0.2, 0.25) is 37.8 Å². The molecular weight excluding hydrogens is 364 g/mol. The highest BCUT2D eigenvalue weighted by molar-refractivity contribution is 6.74. The Balaban J connectivity index is 2.41. The second-order valence-corrected chi connectivity index (χ2v) is 19.4. The summed E-state index contributed by atoms with van der Waals surface area (Å²) in [5.41, 5.74) is -0.311. The maximum Gasteiger partial charge on any atom is 0.192 e. The van der Waals surface area contributed by atoms with Crippen molar-refractivity contribution in [3.63, 3.8) is 0 Å². The SMILES string of the molecule is CC1=C[C@@H](CO[Si](C)(C)C(C)(C)C)[C@]2(O[Si](C)(C)C)C(=O)CO[C@@H]2[C@H]1O. The van der Waals surface area contributed by atoms with E-state index in [4.69, 9.17) is 13.6 Å². The fourth-order valence-corrected chi connectivity index (χ4v) is 5.89. The predicted molar refractivity (Wildman–Crippen MR) is 108 cm³/mol. The molecule has 0 aromatic rings. The van der Waals surface area contributed by atoms with Gasteiger partial charge in [0.2, 0.25) is 0 Å². The summed E-state index contributed by atoms with van der Waals surface area (Å²) in [4.78, 5) is 13.0. The summed E-state index contributed by atoms with van der Waals surface area (Å²) in [7, 11) is -4.05. The van der Waals surface area contributed by atoms with Crippen molar-refractivity contribution in [1.82, 2.24) is 0 Å². The lowest BCUT2D eigenvalue weighted by atomic mass is 9.73. The Bertz CT molecular complexity index is 588. The molecule has 150 valence electrons. The Kier molecular flexibility index (Phi) is 5.86. The normalized spacial score (nSPS) is 33.2. The van der Waals surface area contributed by atoms with Gasteiger partial charge in [-0.25, -0.2) is 0 Å². The first kappa shape index (κ1) is 22.0. The van der Waals surface area contributed by atoms with Crippen LogP contribution in [0.15, 0.2) is 11.6 Å². The van der Waals surface area contributed by atoms with Gasteiger partial charge in [0.1, 0.15) is 18.8 Å². The summed E-state index contributed by atoms with van der Waals surface area (Å²) in [6.45, 7) is 19.5. The Hall–Kier alpha value is -0.316. The van der Waals surface area contributed by atoms with Gasteiger partial charge in [0, 0.05) is 12.5 Å². The summed E-state index contributed by atoms with van der Waals surface area (Å²) in [6.07, 6.45) is 0.503. The Morgan fingerprint density at radius 3 is 2.35 bits per heavy atom. The number of rotatable bonds is 5. The summed E-state index contributed by atoms with van der Waals surface area (Å²) in [5.74, 6) is -0.316. The molecule has 1 aliphatic heterocycles. The van der Waals surface area contributed by atoms with Crippen molar-refractivity contribution in [3.8, 4) is 0 Å². The van der Waals surface area contributed by atoms with Crippen LogP contribution in [0.5, 0.6) is 0 Å². The topological polar surface area (TPSA) is 65.0 Å². The molecule has 5 nitrogen and oxygen atoms in total. The van der Waals surface area contributed by atoms with Crippen LogP contribution in [0.3, 0.4) is 0 Å². The van der Waals surface area contributed by atoms with Crippen LogP contribution in [0.4, 0.5) is 0 Å². The first-order valence-electron chi connectivity index (χ1n) is 9.47. The summed E-state index contributed by atoms with van der Waals surface area (Å²) in [5, 5.41) is 10.7. The lowest BCUT2D eigenvalue weighted by Gasteiger charge is -2.48. The van der Waals surface area contributed by atoms with Crippen molar-refractivity contribution >= 4 is 22.4 Å². The lowest BCUT2D eigenvalue weighted by molar-refractivity contribution is -0.145. The molecule has 7 heteroatoms. The minimum absolute atomic E-state index is 0.0100. The largest absolute Gasteiger partial charge is 0.416 e. The lowest BCUT2D eigenvalue weighted by Crippen LogP contribution is -2.63. The summed E-state index contributed by atoms with van der Waals surface area (Å²) >= 11 is 0. The molecule has 0 aromatic heterocycles. The molecule has 1 fully saturated rings. The van der Waals surface area contributed by atoms with Gasteiger partial charge < -0.3 is 18.7 Å². The molecule has 2 aliphatic rings. The van der Waals surface area contributed by atoms with Crippen LogP contribution in [-0.2, 0) is 18.4 Å². The van der Waals surface area contributed by atoms with Crippen molar-refractivity contribution in [2.24, 2.45) is 5.92 Å². The van der Waals surface area contributed by atoms with Gasteiger partial charge in [0.15, 0.2) is 28.0 Å². The van der Waals surface area contributed by atoms with Gasteiger partial charge in [0.25, 0.3) is 0 Å². The van der Waals surface area contributed by atoms with Gasteiger partial charge >= 0.3 is 0 Å². The van der Waals surface area contributed by atoms with Crippen LogP contribution in [0.25, 0.3) is 0 Å². The monoisotopic (exact) mass is 400 g/mol. The van der Waals surface area contributed by atoms with E-state index >= 15 is 0 Å². The van der Waals surface area contributed by atoms with Crippen LogP contribution in [0, 0.1) is 5.92 Å². The zero-order valence-electron chi connectivity index (χ0n) is 17.8. The number of ketones is 1. The van der Waals surface area contributed by atoms with E-state index in [-0.39, 0.29) is 23.3 Å². The fraction of sp³-hybridized carbons (Fsp3) is 0.842. The Morgan fingerprint density at radius 1 is 1.27 bits per heavy atom. The van der Waals surface area contributed by atoms with E-state index < -0.39 is 34.4 Å². The molecule has 0 unspecified atom stereocenters. The third-order valence-corrected chi connectivity index (χ3v) is 11.4. The number of fused-ring (bicyclic) bond motifs is 1. The molecule has 0 bridgehead atoms. The average molecular weight is 401 g/mol. The van der Waals surface area contributed by atoms with E-state index in [1.807, 2.05) is 13.0 Å². The average Bonchev–Trinajstić information content (AvgIpc) is 2.77. The van der Waals surface area contributed by atoms with Crippen LogP contribution in [0.1, 0.15) is 27.7 Å². The highest BCUT2D eigenvalue weighted by atomic mass is 28.4. The molecule has 1 N–H and O–H groups in total. The van der Waals surface area contributed by atoms with E-state index in [9.17, 15) is 9.90 Å². The standard InChI is InChI=1S/C19H36O5Si2/c1-13-10-14(11-23-26(8,9)18(2,3)4)19(24-25(5,6)7)15(20)12-22-17(19)16(13)21/h10,14,16-17,21H,11-12H2,1-9H3/t14-,16-,17+,19-/m0/s1. The van der Waals surface area contributed by atoms with Crippen molar-refractivity contribution in [3.05, 3.63) is 11.6 Å². The van der Waals surface area contributed by atoms with Gasteiger partial charge in [-0.2, -0.15) is 0 Å². The van der Waals surface area contributed by atoms with E-state index in [2.05, 4.69) is 53.5 Å². The predicted octanol–water partition coefficient (Wildman–Crippen LogP) is 3.50. The highest BCUT2D eigenvalue weighted by Gasteiger charge is 2.62. The quantitative estimate of drug-likeness (QED) is 0.565. The maximum absolute atomic E-state index is 13.0. The molecule has 1 saturated heterocycles. The minimum Gasteiger partial charge on any atom is -0.416 e. The molecule has 1 aliphatic carbocycles. The van der Waals surface area contributed by atoms with Crippen LogP contribution < -0.4 is 0 Å². The van der Waals surface area contributed by atoms with Crippen LogP contribution in [-0.4, -0.2) is 58.5 Å².